The summed E-state index contributed by atoms with van der Waals surface area (Å²) in [4.78, 5) is 4.16. The van der Waals surface area contributed by atoms with Gasteiger partial charge in [0.25, 0.3) is 0 Å². The number of rotatable bonds is 1. The van der Waals surface area contributed by atoms with E-state index >= 15 is 0 Å². The molecule has 0 saturated carbocycles. The molecule has 0 saturated heterocycles. The van der Waals surface area contributed by atoms with E-state index in [-0.39, 0.29) is 31.1 Å². The van der Waals surface area contributed by atoms with Crippen LogP contribution in [0.3, 0.4) is 0 Å². The molecule has 0 aliphatic rings. The molecule has 1 aromatic carbocycles. The topological polar surface area (TPSA) is 12.9 Å². The Morgan fingerprint density at radius 3 is 2.46 bits per heavy atom. The second-order valence-corrected chi connectivity index (χ2v) is 2.41. The second kappa shape index (κ2) is 5.22. The van der Waals surface area contributed by atoms with Crippen molar-refractivity contribution in [1.82, 2.24) is 4.98 Å². The fraction of sp³-hybridized carbons (Fsp3) is 0. The molecular formula is C11H7NU. The second-order valence-electron chi connectivity index (χ2n) is 2.41. The van der Waals surface area contributed by atoms with Crippen LogP contribution >= 0.6 is 0 Å². The molecule has 0 aliphatic carbocycles. The van der Waals surface area contributed by atoms with Crippen molar-refractivity contribution in [3.8, 4) is 11.3 Å². The van der Waals surface area contributed by atoms with E-state index in [0.29, 0.717) is 0 Å². The van der Waals surface area contributed by atoms with Crippen LogP contribution in [0.5, 0.6) is 0 Å². The van der Waals surface area contributed by atoms with Gasteiger partial charge in [-0.15, -0.1) is 17.8 Å². The van der Waals surface area contributed by atoms with Crippen LogP contribution in [0.25, 0.3) is 11.3 Å². The molecule has 13 heavy (non-hydrogen) atoms. The van der Waals surface area contributed by atoms with Gasteiger partial charge in [0.1, 0.15) is 0 Å². The Balaban J connectivity index is 0.000000845. The minimum atomic E-state index is 0. The van der Waals surface area contributed by atoms with Gasteiger partial charge in [-0.05, 0) is 6.20 Å². The fourth-order valence-corrected chi connectivity index (χ4v) is 1.01. The minimum Gasteiger partial charge on any atom is -0.344 e. The Hall–Kier alpha value is -0.578. The molecule has 0 N–H and O–H groups in total. The van der Waals surface area contributed by atoms with Gasteiger partial charge in [-0.2, -0.15) is 24.3 Å². The van der Waals surface area contributed by atoms with Crippen molar-refractivity contribution >= 4 is 0 Å². The van der Waals surface area contributed by atoms with Gasteiger partial charge in [0.15, 0.2) is 0 Å². The molecule has 0 aliphatic heterocycles. The third kappa shape index (κ3) is 2.69. The molecule has 1 aromatic heterocycles. The molecule has 0 radical (unpaired) electrons. The Bertz CT molecular complexity index is 307. The van der Waals surface area contributed by atoms with Crippen LogP contribution in [-0.2, 0) is 0 Å². The first kappa shape index (κ1) is 10.5. The maximum atomic E-state index is 4.16. The van der Waals surface area contributed by atoms with Gasteiger partial charge in [-0.3, -0.25) is 0 Å². The van der Waals surface area contributed by atoms with Gasteiger partial charge >= 0.3 is 31.1 Å². The van der Waals surface area contributed by atoms with Crippen molar-refractivity contribution < 1.29 is 31.1 Å². The molecule has 2 aromatic rings. The molecule has 0 atom stereocenters. The fourth-order valence-electron chi connectivity index (χ4n) is 1.01. The van der Waals surface area contributed by atoms with Crippen molar-refractivity contribution in [1.29, 1.82) is 0 Å². The summed E-state index contributed by atoms with van der Waals surface area (Å²) in [7, 11) is 0. The van der Waals surface area contributed by atoms with Gasteiger partial charge in [0.2, 0.25) is 0 Å². The molecule has 0 bridgehead atoms. The van der Waals surface area contributed by atoms with E-state index < -0.39 is 0 Å². The number of pyridine rings is 1. The molecule has 0 spiro atoms. The molecule has 1 nitrogen and oxygen atoms in total. The summed E-state index contributed by atoms with van der Waals surface area (Å²) in [6.45, 7) is 0. The van der Waals surface area contributed by atoms with Crippen molar-refractivity contribution in [2.75, 3.05) is 0 Å². The van der Waals surface area contributed by atoms with Crippen LogP contribution in [0, 0.1) is 43.2 Å². The zero-order valence-corrected chi connectivity index (χ0v) is 11.2. The van der Waals surface area contributed by atoms with E-state index in [1.807, 2.05) is 36.4 Å². The third-order valence-corrected chi connectivity index (χ3v) is 1.57. The number of hydrogen-bond donors (Lipinski definition) is 0. The molecule has 0 unspecified atom stereocenters. The first-order valence-corrected chi connectivity index (χ1v) is 3.76. The SMILES string of the molecule is [U+2].[c-]1ccccc1-c1[c-]cccn1. The van der Waals surface area contributed by atoms with E-state index in [4.69, 9.17) is 0 Å². The molecule has 1 heterocycles. The largest absolute Gasteiger partial charge is 2.00 e. The molecular weight excluding hydrogens is 384 g/mol. The van der Waals surface area contributed by atoms with Gasteiger partial charge in [-0.25, -0.2) is 17.7 Å². The average Bonchev–Trinajstić information content (AvgIpc) is 2.21. The summed E-state index contributed by atoms with van der Waals surface area (Å²) >= 11 is 0. The summed E-state index contributed by atoms with van der Waals surface area (Å²) < 4.78 is 0. The molecule has 0 fully saturated rings. The first-order valence-electron chi connectivity index (χ1n) is 3.76. The van der Waals surface area contributed by atoms with Crippen molar-refractivity contribution in [3.05, 3.63) is 54.7 Å². The number of nitrogens with zero attached hydrogens (tertiary/aromatic N) is 1. The zero-order chi connectivity index (χ0) is 8.23. The standard InChI is InChI=1S/C11H7N.U/c1-2-6-10(7-3-1)11-8-4-5-9-12-11;/h1-6,9H;/q-2;+2. The number of hydrogen-bond acceptors (Lipinski definition) is 1. The minimum absolute atomic E-state index is 0. The van der Waals surface area contributed by atoms with Crippen LogP contribution in [0.2, 0.25) is 0 Å². The van der Waals surface area contributed by atoms with E-state index in [0.717, 1.165) is 11.3 Å². The maximum Gasteiger partial charge on any atom is 2.00 e. The predicted molar refractivity (Wildman–Crippen MR) is 47.3 cm³/mol. The summed E-state index contributed by atoms with van der Waals surface area (Å²) in [5.74, 6) is 0. The summed E-state index contributed by atoms with van der Waals surface area (Å²) in [6.07, 6.45) is 1.76. The monoisotopic (exact) mass is 391 g/mol. The third-order valence-electron chi connectivity index (χ3n) is 1.57. The van der Waals surface area contributed by atoms with Gasteiger partial charge in [0, 0.05) is 0 Å². The summed E-state index contributed by atoms with van der Waals surface area (Å²) in [5, 5.41) is 0. The Labute approximate surface area is 102 Å². The van der Waals surface area contributed by atoms with Crippen molar-refractivity contribution in [2.24, 2.45) is 0 Å². The Morgan fingerprint density at radius 2 is 1.85 bits per heavy atom. The Kier molecular flexibility index (Phi) is 4.21. The van der Waals surface area contributed by atoms with Gasteiger partial charge in [0.05, 0.1) is 0 Å². The number of aromatic nitrogens is 1. The normalized spacial score (nSPS) is 8.92. The van der Waals surface area contributed by atoms with E-state index in [1.54, 1.807) is 6.20 Å². The van der Waals surface area contributed by atoms with Gasteiger partial charge in [-0.1, -0.05) is 0 Å². The van der Waals surface area contributed by atoms with Crippen LogP contribution < -0.4 is 0 Å². The molecule has 2 heteroatoms. The smallest absolute Gasteiger partial charge is 0.344 e. The van der Waals surface area contributed by atoms with Crippen LogP contribution in [-0.4, -0.2) is 4.98 Å². The van der Waals surface area contributed by atoms with Gasteiger partial charge < -0.3 is 4.98 Å². The van der Waals surface area contributed by atoms with Crippen LogP contribution in [0.1, 0.15) is 0 Å². The van der Waals surface area contributed by atoms with E-state index in [1.165, 1.54) is 0 Å². The molecule has 60 valence electrons. The zero-order valence-electron chi connectivity index (χ0n) is 6.99. The maximum absolute atomic E-state index is 4.16. The predicted octanol–water partition coefficient (Wildman–Crippen LogP) is 2.35. The summed E-state index contributed by atoms with van der Waals surface area (Å²) in [5.41, 5.74) is 1.83. The van der Waals surface area contributed by atoms with Crippen molar-refractivity contribution in [3.63, 3.8) is 0 Å². The first-order chi connectivity index (χ1) is 5.97. The Morgan fingerprint density at radius 1 is 1.00 bits per heavy atom. The quantitative estimate of drug-likeness (QED) is 0.681. The summed E-state index contributed by atoms with van der Waals surface area (Å²) in [6, 6.07) is 17.6. The van der Waals surface area contributed by atoms with Crippen LogP contribution in [0.4, 0.5) is 0 Å². The van der Waals surface area contributed by atoms with Crippen LogP contribution in [0.15, 0.2) is 42.6 Å². The molecule has 0 amide bonds. The molecule has 2 rings (SSSR count). The van der Waals surface area contributed by atoms with Crippen molar-refractivity contribution in [2.45, 2.75) is 0 Å². The number of benzene rings is 1. The average molecular weight is 391 g/mol. The van der Waals surface area contributed by atoms with E-state index in [2.05, 4.69) is 17.1 Å². The van der Waals surface area contributed by atoms with E-state index in [9.17, 15) is 0 Å².